The Bertz CT molecular complexity index is 641. The van der Waals surface area contributed by atoms with E-state index in [1.807, 2.05) is 30.3 Å². The van der Waals surface area contributed by atoms with Crippen LogP contribution in [-0.2, 0) is 22.4 Å². The minimum Gasteiger partial charge on any atom is -0.548 e. The van der Waals surface area contributed by atoms with Crippen molar-refractivity contribution in [3.05, 3.63) is 70.7 Å². The van der Waals surface area contributed by atoms with Gasteiger partial charge in [-0.05, 0) is 29.7 Å². The second-order valence-electron chi connectivity index (χ2n) is 4.93. The van der Waals surface area contributed by atoms with Crippen LogP contribution < -0.4 is 10.4 Å². The van der Waals surface area contributed by atoms with Crippen LogP contribution in [0.1, 0.15) is 11.1 Å². The first-order valence-corrected chi connectivity index (χ1v) is 7.21. The topological polar surface area (TPSA) is 69.2 Å². The largest absolute Gasteiger partial charge is 0.548 e. The van der Waals surface area contributed by atoms with Gasteiger partial charge < -0.3 is 15.2 Å². The van der Waals surface area contributed by atoms with E-state index in [0.29, 0.717) is 5.02 Å². The molecular formula is C17H15ClNO3-. The van der Waals surface area contributed by atoms with Gasteiger partial charge in [0.2, 0.25) is 5.91 Å². The molecule has 0 aliphatic rings. The normalized spacial score (nSPS) is 11.7. The fraction of sp³-hybridized carbons (Fsp3) is 0.176. The Morgan fingerprint density at radius 1 is 1.00 bits per heavy atom. The molecule has 0 bridgehead atoms. The van der Waals surface area contributed by atoms with Gasteiger partial charge in [0.15, 0.2) is 0 Å². The lowest BCUT2D eigenvalue weighted by molar-refractivity contribution is -0.308. The van der Waals surface area contributed by atoms with Gasteiger partial charge in [-0.25, -0.2) is 0 Å². The molecule has 1 N–H and O–H groups in total. The lowest BCUT2D eigenvalue weighted by Crippen LogP contribution is -2.49. The molecule has 2 rings (SSSR count). The number of amides is 1. The summed E-state index contributed by atoms with van der Waals surface area (Å²) in [7, 11) is 0. The number of carbonyl (C=O) groups excluding carboxylic acids is 2. The zero-order valence-corrected chi connectivity index (χ0v) is 12.5. The number of rotatable bonds is 6. The minimum absolute atomic E-state index is 0.130. The molecule has 4 nitrogen and oxygen atoms in total. The number of carboxylic acids is 1. The van der Waals surface area contributed by atoms with Crippen LogP contribution in [-0.4, -0.2) is 17.9 Å². The second-order valence-corrected chi connectivity index (χ2v) is 5.37. The molecule has 114 valence electrons. The van der Waals surface area contributed by atoms with Crippen LogP contribution in [0, 0.1) is 0 Å². The average Bonchev–Trinajstić information content (AvgIpc) is 2.49. The smallest absolute Gasteiger partial charge is 0.224 e. The maximum Gasteiger partial charge on any atom is 0.224 e. The van der Waals surface area contributed by atoms with Gasteiger partial charge in [-0.1, -0.05) is 54.1 Å². The summed E-state index contributed by atoms with van der Waals surface area (Å²) in [6.07, 6.45) is 0.283. The summed E-state index contributed by atoms with van der Waals surface area (Å²) in [5.41, 5.74) is 1.59. The van der Waals surface area contributed by atoms with Crippen molar-refractivity contribution in [2.45, 2.75) is 18.9 Å². The summed E-state index contributed by atoms with van der Waals surface area (Å²) in [5, 5.41) is 14.3. The SMILES string of the molecule is O=C(Cc1ccccc1)N[C@H](Cc1ccc(Cl)cc1)C(=O)[O-]. The lowest BCUT2D eigenvalue weighted by Gasteiger charge is -2.20. The highest BCUT2D eigenvalue weighted by atomic mass is 35.5. The fourth-order valence-corrected chi connectivity index (χ4v) is 2.20. The molecule has 0 fully saturated rings. The van der Waals surface area contributed by atoms with Crippen LogP contribution in [0.5, 0.6) is 0 Å². The lowest BCUT2D eigenvalue weighted by atomic mass is 10.1. The van der Waals surface area contributed by atoms with Crippen LogP contribution >= 0.6 is 11.6 Å². The van der Waals surface area contributed by atoms with E-state index < -0.39 is 12.0 Å². The number of carboxylic acid groups (broad SMARTS) is 1. The summed E-state index contributed by atoms with van der Waals surface area (Å²) in [5.74, 6) is -1.66. The molecule has 2 aromatic rings. The number of hydrogen-bond donors (Lipinski definition) is 1. The van der Waals surface area contributed by atoms with Crippen molar-refractivity contribution in [3.8, 4) is 0 Å². The van der Waals surface area contributed by atoms with Crippen LogP contribution in [0.4, 0.5) is 0 Å². The monoisotopic (exact) mass is 316 g/mol. The quantitative estimate of drug-likeness (QED) is 0.875. The van der Waals surface area contributed by atoms with E-state index in [4.69, 9.17) is 11.6 Å². The van der Waals surface area contributed by atoms with Crippen molar-refractivity contribution in [2.75, 3.05) is 0 Å². The zero-order valence-electron chi connectivity index (χ0n) is 11.8. The van der Waals surface area contributed by atoms with Crippen LogP contribution in [0.2, 0.25) is 5.02 Å². The number of benzene rings is 2. The molecule has 0 heterocycles. The van der Waals surface area contributed by atoms with Gasteiger partial charge >= 0.3 is 0 Å². The van der Waals surface area contributed by atoms with Gasteiger partial charge in [0.25, 0.3) is 0 Å². The summed E-state index contributed by atoms with van der Waals surface area (Å²) in [4.78, 5) is 23.2. The first-order valence-electron chi connectivity index (χ1n) is 6.83. The van der Waals surface area contributed by atoms with Crippen molar-refractivity contribution in [2.24, 2.45) is 0 Å². The van der Waals surface area contributed by atoms with Crippen LogP contribution in [0.15, 0.2) is 54.6 Å². The number of aliphatic carboxylic acids is 1. The standard InChI is InChI=1S/C17H16ClNO3/c18-14-8-6-13(7-9-14)10-15(17(21)22)19-16(20)11-12-4-2-1-3-5-12/h1-9,15H,10-11H2,(H,19,20)(H,21,22)/p-1/t15-/m1/s1. The zero-order chi connectivity index (χ0) is 15.9. The van der Waals surface area contributed by atoms with Crippen molar-refractivity contribution in [3.63, 3.8) is 0 Å². The molecule has 0 spiro atoms. The van der Waals surface area contributed by atoms with E-state index in [9.17, 15) is 14.7 Å². The molecule has 0 saturated heterocycles. The van der Waals surface area contributed by atoms with E-state index in [0.717, 1.165) is 11.1 Å². The molecule has 0 aliphatic carbocycles. The molecule has 5 heteroatoms. The van der Waals surface area contributed by atoms with Crippen molar-refractivity contribution in [1.82, 2.24) is 5.32 Å². The molecule has 0 aliphatic heterocycles. The highest BCUT2D eigenvalue weighted by Crippen LogP contribution is 2.11. The number of nitrogens with one attached hydrogen (secondary N) is 1. The third kappa shape index (κ3) is 4.90. The Balaban J connectivity index is 1.98. The van der Waals surface area contributed by atoms with Crippen molar-refractivity contribution >= 4 is 23.5 Å². The van der Waals surface area contributed by atoms with Gasteiger partial charge in [0, 0.05) is 5.02 Å². The first kappa shape index (κ1) is 16.0. The Labute approximate surface area is 133 Å². The summed E-state index contributed by atoms with van der Waals surface area (Å²) in [6.45, 7) is 0. The highest BCUT2D eigenvalue weighted by Gasteiger charge is 2.14. The van der Waals surface area contributed by atoms with Gasteiger partial charge in [0.05, 0.1) is 18.4 Å². The predicted molar refractivity (Wildman–Crippen MR) is 82.2 cm³/mol. The molecule has 0 aromatic heterocycles. The summed E-state index contributed by atoms with van der Waals surface area (Å²) in [6, 6.07) is 14.9. The van der Waals surface area contributed by atoms with E-state index in [1.54, 1.807) is 24.3 Å². The first-order chi connectivity index (χ1) is 10.5. The molecule has 1 atom stereocenters. The number of carbonyl (C=O) groups is 2. The minimum atomic E-state index is -1.31. The number of hydrogen-bond acceptors (Lipinski definition) is 3. The molecule has 0 saturated carbocycles. The van der Waals surface area contributed by atoms with Crippen LogP contribution in [0.25, 0.3) is 0 Å². The molecule has 0 unspecified atom stereocenters. The van der Waals surface area contributed by atoms with Gasteiger partial charge in [0.1, 0.15) is 0 Å². The summed E-state index contributed by atoms with van der Waals surface area (Å²) >= 11 is 5.79. The van der Waals surface area contributed by atoms with Gasteiger partial charge in [-0.3, -0.25) is 4.79 Å². The Kier molecular flexibility index (Phi) is 5.55. The van der Waals surface area contributed by atoms with Crippen LogP contribution in [0.3, 0.4) is 0 Å². The van der Waals surface area contributed by atoms with Gasteiger partial charge in [-0.2, -0.15) is 0 Å². The number of halogens is 1. The predicted octanol–water partition coefficient (Wildman–Crippen LogP) is 1.36. The van der Waals surface area contributed by atoms with Crippen molar-refractivity contribution in [1.29, 1.82) is 0 Å². The van der Waals surface area contributed by atoms with E-state index in [-0.39, 0.29) is 18.7 Å². The average molecular weight is 317 g/mol. The maximum atomic E-state index is 11.9. The maximum absolute atomic E-state index is 11.9. The Morgan fingerprint density at radius 3 is 2.23 bits per heavy atom. The second kappa shape index (κ2) is 7.61. The van der Waals surface area contributed by atoms with E-state index >= 15 is 0 Å². The molecule has 22 heavy (non-hydrogen) atoms. The highest BCUT2D eigenvalue weighted by molar-refractivity contribution is 6.30. The fourth-order valence-electron chi connectivity index (χ4n) is 2.08. The molecule has 1 amide bonds. The third-order valence-electron chi connectivity index (χ3n) is 3.18. The molecular weight excluding hydrogens is 302 g/mol. The van der Waals surface area contributed by atoms with Crippen molar-refractivity contribution < 1.29 is 14.7 Å². The summed E-state index contributed by atoms with van der Waals surface area (Å²) < 4.78 is 0. The van der Waals surface area contributed by atoms with E-state index in [2.05, 4.69) is 5.32 Å². The van der Waals surface area contributed by atoms with E-state index in [1.165, 1.54) is 0 Å². The van der Waals surface area contributed by atoms with Gasteiger partial charge in [-0.15, -0.1) is 0 Å². The Hall–Kier alpha value is -2.33. The third-order valence-corrected chi connectivity index (χ3v) is 3.43. The Morgan fingerprint density at radius 2 is 1.64 bits per heavy atom. The molecule has 2 aromatic carbocycles. The molecule has 0 radical (unpaired) electrons.